The Balaban J connectivity index is 3.49. The average Bonchev–Trinajstić information content (AvgIpc) is 2.39. The lowest BCUT2D eigenvalue weighted by Gasteiger charge is -2.25. The van der Waals surface area contributed by atoms with Gasteiger partial charge in [-0.2, -0.15) is 21.6 Å². The molecule has 0 aliphatic rings. The molecule has 4 nitrogen and oxygen atoms in total. The van der Waals surface area contributed by atoms with Crippen molar-refractivity contribution in [3.8, 4) is 0 Å². The van der Waals surface area contributed by atoms with Crippen molar-refractivity contribution in [1.82, 2.24) is 0 Å². The van der Waals surface area contributed by atoms with E-state index in [9.17, 15) is 35.2 Å². The van der Waals surface area contributed by atoms with Crippen LogP contribution in [-0.4, -0.2) is 20.6 Å². The van der Waals surface area contributed by atoms with E-state index in [0.29, 0.717) is 12.1 Å². The molecule has 11 heteroatoms. The van der Waals surface area contributed by atoms with E-state index in [-0.39, 0.29) is 6.07 Å². The predicted molar refractivity (Wildman–Crippen MR) is 70.2 cm³/mol. The third kappa shape index (κ3) is 4.54. The number of carbonyl (C=O) groups is 1. The van der Waals surface area contributed by atoms with Gasteiger partial charge in [0.2, 0.25) is 0 Å². The zero-order chi connectivity index (χ0) is 18.1. The zero-order valence-electron chi connectivity index (χ0n) is 11.5. The molecule has 0 radical (unpaired) electrons. The molecule has 0 aliphatic carbocycles. The standard InChI is InChI=1S/C12H10ClF5O4S/c1-2-10(19)22-23(20,21)11(15,6-12(16,17)18)7-3-4-8(13)9(14)5-7/h3-5H,2,6H2,1H3. The lowest BCUT2D eigenvalue weighted by atomic mass is 10.1. The van der Waals surface area contributed by atoms with Gasteiger partial charge in [0, 0.05) is 12.0 Å². The van der Waals surface area contributed by atoms with Crippen molar-refractivity contribution in [2.45, 2.75) is 30.9 Å². The van der Waals surface area contributed by atoms with E-state index in [1.165, 1.54) is 0 Å². The Morgan fingerprint density at radius 3 is 2.26 bits per heavy atom. The summed E-state index contributed by atoms with van der Waals surface area (Å²) in [4.78, 5) is 11.0. The second-order valence-electron chi connectivity index (χ2n) is 4.41. The SMILES string of the molecule is CCC(=O)OS(=O)(=O)C(F)(CC(F)(F)F)c1ccc(Cl)c(F)c1. The van der Waals surface area contributed by atoms with Gasteiger partial charge < -0.3 is 4.18 Å². The molecule has 1 aromatic carbocycles. The van der Waals surface area contributed by atoms with Gasteiger partial charge >= 0.3 is 22.3 Å². The molecular weight excluding hydrogens is 371 g/mol. The first-order chi connectivity index (χ1) is 10.3. The summed E-state index contributed by atoms with van der Waals surface area (Å²) in [5.41, 5.74) is -1.19. The molecule has 1 atom stereocenters. The topological polar surface area (TPSA) is 60.4 Å². The first kappa shape index (κ1) is 19.6. The Hall–Kier alpha value is -1.42. The van der Waals surface area contributed by atoms with Crippen LogP contribution in [0.15, 0.2) is 18.2 Å². The predicted octanol–water partition coefficient (Wildman–Crippen LogP) is 3.84. The highest BCUT2D eigenvalue weighted by molar-refractivity contribution is 7.88. The van der Waals surface area contributed by atoms with Gasteiger partial charge in [0.05, 0.1) is 5.02 Å². The molecule has 0 fully saturated rings. The Bertz CT molecular complexity index is 704. The molecule has 1 rings (SSSR count). The van der Waals surface area contributed by atoms with Crippen molar-refractivity contribution in [1.29, 1.82) is 0 Å². The Morgan fingerprint density at radius 2 is 1.83 bits per heavy atom. The highest BCUT2D eigenvalue weighted by Gasteiger charge is 2.56. The van der Waals surface area contributed by atoms with Crippen LogP contribution in [0.4, 0.5) is 22.0 Å². The summed E-state index contributed by atoms with van der Waals surface area (Å²) in [6.07, 6.45) is -8.33. The van der Waals surface area contributed by atoms with Gasteiger partial charge in [-0.1, -0.05) is 24.6 Å². The fraction of sp³-hybridized carbons (Fsp3) is 0.417. The van der Waals surface area contributed by atoms with Crippen LogP contribution < -0.4 is 0 Å². The third-order valence-corrected chi connectivity index (χ3v) is 4.55. The van der Waals surface area contributed by atoms with E-state index in [1.807, 2.05) is 0 Å². The van der Waals surface area contributed by atoms with Gasteiger partial charge in [0.25, 0.3) is 5.00 Å². The van der Waals surface area contributed by atoms with Crippen LogP contribution in [-0.2, 0) is 24.1 Å². The molecule has 0 saturated carbocycles. The van der Waals surface area contributed by atoms with Gasteiger partial charge in [-0.15, -0.1) is 0 Å². The minimum atomic E-state index is -5.70. The van der Waals surface area contributed by atoms with Gasteiger partial charge in [0.15, 0.2) is 0 Å². The van der Waals surface area contributed by atoms with E-state index >= 15 is 0 Å². The van der Waals surface area contributed by atoms with E-state index in [0.717, 1.165) is 6.92 Å². The Labute approximate surface area is 133 Å². The summed E-state index contributed by atoms with van der Waals surface area (Å²) >= 11 is 5.33. The first-order valence-corrected chi connectivity index (χ1v) is 7.79. The van der Waals surface area contributed by atoms with E-state index in [4.69, 9.17) is 11.6 Å². The van der Waals surface area contributed by atoms with Crippen molar-refractivity contribution in [2.75, 3.05) is 0 Å². The van der Waals surface area contributed by atoms with Gasteiger partial charge in [-0.05, 0) is 12.1 Å². The number of alkyl halides is 4. The molecule has 0 N–H and O–H groups in total. The Kier molecular flexibility index (Phi) is 5.63. The number of halogens is 6. The van der Waals surface area contributed by atoms with Crippen LogP contribution in [0.5, 0.6) is 0 Å². The van der Waals surface area contributed by atoms with E-state index < -0.39 is 56.5 Å². The first-order valence-electron chi connectivity index (χ1n) is 6.00. The summed E-state index contributed by atoms with van der Waals surface area (Å²) < 4.78 is 93.5. The molecule has 0 heterocycles. The summed E-state index contributed by atoms with van der Waals surface area (Å²) in [7, 11) is -5.70. The monoisotopic (exact) mass is 380 g/mol. The van der Waals surface area contributed by atoms with E-state index in [2.05, 4.69) is 4.18 Å². The summed E-state index contributed by atoms with van der Waals surface area (Å²) in [6.45, 7) is 1.16. The maximum Gasteiger partial charge on any atom is 0.393 e. The number of hydrogen-bond donors (Lipinski definition) is 0. The smallest absolute Gasteiger partial charge is 0.343 e. The van der Waals surface area contributed by atoms with Crippen LogP contribution in [0.25, 0.3) is 0 Å². The quantitative estimate of drug-likeness (QED) is 0.575. The fourth-order valence-corrected chi connectivity index (χ4v) is 2.94. The van der Waals surface area contributed by atoms with Crippen molar-refractivity contribution in [2.24, 2.45) is 0 Å². The number of rotatable bonds is 5. The second kappa shape index (κ2) is 6.60. The highest BCUT2D eigenvalue weighted by Crippen LogP contribution is 2.43. The highest BCUT2D eigenvalue weighted by atomic mass is 35.5. The molecule has 0 aliphatic heterocycles. The Morgan fingerprint density at radius 1 is 1.26 bits per heavy atom. The fourth-order valence-electron chi connectivity index (χ4n) is 1.57. The van der Waals surface area contributed by atoms with Crippen LogP contribution in [0.2, 0.25) is 5.02 Å². The maximum atomic E-state index is 14.8. The van der Waals surface area contributed by atoms with Crippen LogP contribution in [0.1, 0.15) is 25.3 Å². The van der Waals surface area contributed by atoms with E-state index in [1.54, 1.807) is 0 Å². The molecule has 0 saturated heterocycles. The lowest BCUT2D eigenvalue weighted by Crippen LogP contribution is -2.38. The molecule has 23 heavy (non-hydrogen) atoms. The molecular formula is C12H10ClF5O4S. The molecule has 0 aromatic heterocycles. The lowest BCUT2D eigenvalue weighted by molar-refractivity contribution is -0.154. The second-order valence-corrected chi connectivity index (χ2v) is 6.54. The zero-order valence-corrected chi connectivity index (χ0v) is 13.0. The molecule has 0 spiro atoms. The van der Waals surface area contributed by atoms with Crippen LogP contribution in [0.3, 0.4) is 0 Å². The van der Waals surface area contributed by atoms with Gasteiger partial charge in [-0.25, -0.2) is 8.78 Å². The molecule has 1 unspecified atom stereocenters. The average molecular weight is 381 g/mol. The van der Waals surface area contributed by atoms with Gasteiger partial charge in [-0.3, -0.25) is 4.79 Å². The maximum absolute atomic E-state index is 14.8. The molecule has 0 amide bonds. The number of hydrogen-bond acceptors (Lipinski definition) is 4. The summed E-state index contributed by atoms with van der Waals surface area (Å²) in [6, 6.07) is 1.45. The molecule has 0 bridgehead atoms. The summed E-state index contributed by atoms with van der Waals surface area (Å²) in [5.74, 6) is -2.78. The number of carbonyl (C=O) groups excluding carboxylic acids is 1. The van der Waals surface area contributed by atoms with Crippen molar-refractivity contribution < 1.29 is 39.3 Å². The normalized spacial score (nSPS) is 15.1. The summed E-state index contributed by atoms with van der Waals surface area (Å²) in [5, 5.41) is -4.76. The minimum Gasteiger partial charge on any atom is -0.343 e. The minimum absolute atomic E-state index is 0.200. The number of benzene rings is 1. The van der Waals surface area contributed by atoms with Crippen molar-refractivity contribution in [3.63, 3.8) is 0 Å². The molecule has 130 valence electrons. The third-order valence-electron chi connectivity index (χ3n) is 2.67. The van der Waals surface area contributed by atoms with Crippen molar-refractivity contribution >= 4 is 27.7 Å². The van der Waals surface area contributed by atoms with Crippen molar-refractivity contribution in [3.05, 3.63) is 34.6 Å². The van der Waals surface area contributed by atoms with Crippen LogP contribution in [0, 0.1) is 5.82 Å². The molecule has 1 aromatic rings. The van der Waals surface area contributed by atoms with Gasteiger partial charge in [0.1, 0.15) is 12.2 Å². The van der Waals surface area contributed by atoms with Crippen LogP contribution >= 0.6 is 11.6 Å². The largest absolute Gasteiger partial charge is 0.393 e.